The van der Waals surface area contributed by atoms with Gasteiger partial charge in [0.1, 0.15) is 41.0 Å². The van der Waals surface area contributed by atoms with Crippen LogP contribution in [0.25, 0.3) is 22.2 Å². The molecule has 3 aromatic heterocycles. The molecular formula is C52H55ClF2N13O6P. The lowest BCUT2D eigenvalue weighted by atomic mass is 9.72. The number of rotatable bonds is 11. The van der Waals surface area contributed by atoms with Gasteiger partial charge in [0.15, 0.2) is 11.6 Å². The van der Waals surface area contributed by atoms with Crippen LogP contribution >= 0.6 is 18.7 Å². The molecule has 0 bridgehead atoms. The van der Waals surface area contributed by atoms with Gasteiger partial charge in [0.05, 0.1) is 58.5 Å². The summed E-state index contributed by atoms with van der Waals surface area (Å²) in [6.45, 7) is 7.55. The summed E-state index contributed by atoms with van der Waals surface area (Å²) < 4.78 is 54.5. The van der Waals surface area contributed by atoms with E-state index < -0.39 is 48.4 Å². The van der Waals surface area contributed by atoms with Crippen molar-refractivity contribution < 1.29 is 37.3 Å². The van der Waals surface area contributed by atoms with Gasteiger partial charge >= 0.3 is 0 Å². The highest BCUT2D eigenvalue weighted by Crippen LogP contribution is 2.47. The van der Waals surface area contributed by atoms with Crippen molar-refractivity contribution >= 4 is 93.2 Å². The number of halogens is 3. The van der Waals surface area contributed by atoms with Crippen LogP contribution in [0.3, 0.4) is 0 Å². The van der Waals surface area contributed by atoms with E-state index in [1.807, 2.05) is 11.0 Å². The number of anilines is 6. The fraction of sp³-hybridized carbons (Fsp3) is 0.404. The van der Waals surface area contributed by atoms with Crippen LogP contribution in [-0.4, -0.2) is 135 Å². The Labute approximate surface area is 435 Å². The van der Waals surface area contributed by atoms with Crippen molar-refractivity contribution in [3.8, 4) is 16.9 Å². The molecule has 5 aliphatic heterocycles. The number of piperidine rings is 4. The molecule has 3 N–H and O–H groups in total. The van der Waals surface area contributed by atoms with Crippen molar-refractivity contribution in [1.82, 2.24) is 44.8 Å². The zero-order chi connectivity index (χ0) is 52.5. The SMILES string of the molecule is COc1cc(N2CCC(N3CCC4(CCCN(c5cc6c(cc5F)C(=O)N(C5CCC(=O)NC5=O)C6=O)C4)CC3)CC2)c(-c2cnn(C)c2)c(F)c1Nc1ncc(Cl)c(Nc2ccc3nccnc3c2P(C)(C)=O)n1. The van der Waals surface area contributed by atoms with Crippen molar-refractivity contribution in [2.24, 2.45) is 12.5 Å². The molecule has 1 atom stereocenters. The summed E-state index contributed by atoms with van der Waals surface area (Å²) in [5.41, 5.74) is 3.34. The van der Waals surface area contributed by atoms with Gasteiger partial charge in [-0.05, 0) is 101 Å². The second-order valence-electron chi connectivity index (χ2n) is 20.5. The summed E-state index contributed by atoms with van der Waals surface area (Å²) in [5, 5.41) is 13.5. The Bertz CT molecular complexity index is 3380. The van der Waals surface area contributed by atoms with E-state index in [9.17, 15) is 23.7 Å². The number of carbonyl (C=O) groups excluding carboxylic acids is 4. The number of benzene rings is 3. The molecule has 75 heavy (non-hydrogen) atoms. The molecule has 5 aliphatic rings. The Morgan fingerprint density at radius 3 is 2.32 bits per heavy atom. The Hall–Kier alpha value is -7.09. The predicted molar refractivity (Wildman–Crippen MR) is 280 cm³/mol. The summed E-state index contributed by atoms with van der Waals surface area (Å²) in [5.74, 6) is -3.30. The number of imide groups is 2. The van der Waals surface area contributed by atoms with E-state index in [0.717, 1.165) is 62.6 Å². The molecule has 390 valence electrons. The zero-order valence-electron chi connectivity index (χ0n) is 41.8. The summed E-state index contributed by atoms with van der Waals surface area (Å²) in [6, 6.07) is 7.09. The normalized spacial score (nSPS) is 19.5. The number of methoxy groups -OCH3 is 1. The topological polar surface area (TPSA) is 213 Å². The zero-order valence-corrected chi connectivity index (χ0v) is 43.5. The fourth-order valence-electron chi connectivity index (χ4n) is 11.8. The Morgan fingerprint density at radius 2 is 1.61 bits per heavy atom. The number of amides is 4. The molecule has 1 unspecified atom stereocenters. The third-order valence-electron chi connectivity index (χ3n) is 15.5. The minimum absolute atomic E-state index is 0.00212. The maximum absolute atomic E-state index is 17.4. The van der Waals surface area contributed by atoms with Crippen LogP contribution in [-0.2, 0) is 21.2 Å². The first-order chi connectivity index (χ1) is 36.0. The summed E-state index contributed by atoms with van der Waals surface area (Å²) in [4.78, 5) is 76.9. The molecule has 4 amide bonds. The number of nitrogens with zero attached hydrogens (tertiary/aromatic N) is 10. The number of aryl methyl sites for hydroxylation is 1. The first-order valence-corrected chi connectivity index (χ1v) is 28.0. The van der Waals surface area contributed by atoms with E-state index in [2.05, 4.69) is 50.8 Å². The van der Waals surface area contributed by atoms with Crippen molar-refractivity contribution in [3.05, 3.63) is 89.1 Å². The third-order valence-corrected chi connectivity index (χ3v) is 17.3. The van der Waals surface area contributed by atoms with Crippen LogP contribution in [0.1, 0.15) is 72.1 Å². The lowest BCUT2D eigenvalue weighted by molar-refractivity contribution is -0.136. The molecule has 1 spiro atoms. The molecule has 4 saturated heterocycles. The summed E-state index contributed by atoms with van der Waals surface area (Å²) in [7, 11) is 0.343. The molecule has 3 aromatic carbocycles. The molecule has 19 nitrogen and oxygen atoms in total. The van der Waals surface area contributed by atoms with Crippen LogP contribution in [0.4, 0.5) is 43.3 Å². The number of ether oxygens (including phenoxy) is 1. The van der Waals surface area contributed by atoms with Gasteiger partial charge in [-0.25, -0.2) is 13.8 Å². The third kappa shape index (κ3) is 9.32. The minimum atomic E-state index is -2.91. The number of carbonyl (C=O) groups is 4. The monoisotopic (exact) mass is 1060 g/mol. The smallest absolute Gasteiger partial charge is 0.262 e. The molecule has 23 heteroatoms. The quantitative estimate of drug-likeness (QED) is 0.0861. The molecule has 6 aromatic rings. The van der Waals surface area contributed by atoms with Crippen LogP contribution in [0.2, 0.25) is 5.02 Å². The number of aromatic nitrogens is 6. The van der Waals surface area contributed by atoms with Crippen LogP contribution in [0.5, 0.6) is 5.75 Å². The van der Waals surface area contributed by atoms with Gasteiger partial charge in [0.25, 0.3) is 11.8 Å². The van der Waals surface area contributed by atoms with Crippen molar-refractivity contribution in [3.63, 3.8) is 0 Å². The number of likely N-dealkylation sites (tertiary alicyclic amines) is 1. The minimum Gasteiger partial charge on any atom is -0.494 e. The van der Waals surface area contributed by atoms with Crippen molar-refractivity contribution in [1.29, 1.82) is 0 Å². The van der Waals surface area contributed by atoms with Crippen LogP contribution in [0, 0.1) is 17.0 Å². The number of hydrogen-bond acceptors (Lipinski definition) is 16. The average molecular weight is 1060 g/mol. The maximum atomic E-state index is 17.4. The number of fused-ring (bicyclic) bond motifs is 2. The molecule has 8 heterocycles. The Morgan fingerprint density at radius 1 is 0.867 bits per heavy atom. The predicted octanol–water partition coefficient (Wildman–Crippen LogP) is 7.25. The van der Waals surface area contributed by atoms with Crippen molar-refractivity contribution in [2.75, 3.05) is 80.1 Å². The van der Waals surface area contributed by atoms with E-state index in [0.29, 0.717) is 71.1 Å². The van der Waals surface area contributed by atoms with E-state index in [1.165, 1.54) is 19.4 Å². The van der Waals surface area contributed by atoms with Crippen molar-refractivity contribution in [2.45, 2.75) is 63.5 Å². The standard InChI is InChI=1S/C52H55ClF2N13O6P/c1-64-27-29(25-59-64)42-39(24-40(74-2)45(43(42)55)62-51-58-26-33(53)47(63-51)60-36-7-6-35-44(57-16-15-56-35)46(36)75(3,4)73)66-18-10-30(11-19-66)65-20-13-52(14-21-65)12-5-17-67(28-52)38-23-32-31(22-34(38)54)49(71)68(50(32)72)37-8-9-41(69)61-48(37)70/h6-7,15-16,22-27,30,37H,5,8-14,17-21,28H2,1-4H3,(H,61,69,70)(H2,58,60,62,63). The van der Waals surface area contributed by atoms with E-state index >= 15 is 8.78 Å². The number of nitrogens with one attached hydrogen (secondary N) is 3. The Kier molecular flexibility index (Phi) is 13.1. The first kappa shape index (κ1) is 50.1. The highest BCUT2D eigenvalue weighted by atomic mass is 35.5. The van der Waals surface area contributed by atoms with Gasteiger partial charge in [0.2, 0.25) is 17.8 Å². The molecule has 0 radical (unpaired) electrons. The second-order valence-corrected chi connectivity index (χ2v) is 24.1. The van der Waals surface area contributed by atoms with Crippen LogP contribution in [0.15, 0.2) is 61.3 Å². The molecule has 0 saturated carbocycles. The van der Waals surface area contributed by atoms with E-state index in [1.54, 1.807) is 62.0 Å². The average Bonchev–Trinajstić information content (AvgIpc) is 3.93. The number of hydrogen-bond donors (Lipinski definition) is 3. The largest absolute Gasteiger partial charge is 0.494 e. The van der Waals surface area contributed by atoms with Gasteiger partial charge in [-0.2, -0.15) is 10.1 Å². The molecule has 0 aliphatic carbocycles. The van der Waals surface area contributed by atoms with Gasteiger partial charge in [-0.15, -0.1) is 0 Å². The molecular weight excluding hydrogens is 1010 g/mol. The highest BCUT2D eigenvalue weighted by molar-refractivity contribution is 7.71. The highest BCUT2D eigenvalue weighted by Gasteiger charge is 2.47. The first-order valence-electron chi connectivity index (χ1n) is 25.0. The lowest BCUT2D eigenvalue weighted by Gasteiger charge is -2.50. The lowest BCUT2D eigenvalue weighted by Crippen LogP contribution is -2.54. The Balaban J connectivity index is 0.776. The van der Waals surface area contributed by atoms with E-state index in [4.69, 9.17) is 16.3 Å². The maximum Gasteiger partial charge on any atom is 0.262 e. The van der Waals surface area contributed by atoms with Gasteiger partial charge in [0, 0.05) is 81.5 Å². The summed E-state index contributed by atoms with van der Waals surface area (Å²) in [6.07, 6.45) is 13.2. The fourth-order valence-corrected chi connectivity index (χ4v) is 13.3. The van der Waals surface area contributed by atoms with E-state index in [-0.39, 0.29) is 63.3 Å². The molecule has 11 rings (SSSR count). The van der Waals surface area contributed by atoms with Gasteiger partial charge < -0.3 is 34.6 Å². The van der Waals surface area contributed by atoms with Gasteiger partial charge in [-0.1, -0.05) is 11.6 Å². The second kappa shape index (κ2) is 19.6. The van der Waals surface area contributed by atoms with Gasteiger partial charge in [-0.3, -0.25) is 44.0 Å². The van der Waals surface area contributed by atoms with Crippen LogP contribution < -0.4 is 35.8 Å². The molecule has 4 fully saturated rings. The summed E-state index contributed by atoms with van der Waals surface area (Å²) >= 11 is 6.64.